The van der Waals surface area contributed by atoms with Gasteiger partial charge < -0.3 is 5.32 Å². The topological polar surface area (TPSA) is 64.7 Å². The maximum absolute atomic E-state index is 13.2. The van der Waals surface area contributed by atoms with Crippen molar-refractivity contribution < 1.29 is 18.0 Å². The zero-order chi connectivity index (χ0) is 22.2. The molecule has 1 amide bonds. The fourth-order valence-electron chi connectivity index (χ4n) is 3.38. The number of anilines is 1. The van der Waals surface area contributed by atoms with Gasteiger partial charge in [-0.15, -0.1) is 0 Å². The zero-order valence-corrected chi connectivity index (χ0v) is 18.4. The minimum absolute atomic E-state index is 0.00821. The minimum Gasteiger partial charge on any atom is -0.323 e. The number of carbonyl (C=O) groups excluding carboxylic acids is 1. The van der Waals surface area contributed by atoms with Crippen molar-refractivity contribution >= 4 is 27.5 Å². The van der Waals surface area contributed by atoms with Crippen molar-refractivity contribution in [1.29, 1.82) is 0 Å². The number of halogens is 4. The van der Waals surface area contributed by atoms with Crippen LogP contribution in [0, 0.1) is 6.92 Å². The van der Waals surface area contributed by atoms with Crippen LogP contribution < -0.4 is 5.32 Å². The molecule has 0 aliphatic heterocycles. The molecular formula is C21H21BrF3N5O. The zero-order valence-electron chi connectivity index (χ0n) is 16.8. The van der Waals surface area contributed by atoms with E-state index in [9.17, 15) is 18.0 Å². The van der Waals surface area contributed by atoms with Crippen molar-refractivity contribution in [2.45, 2.75) is 51.4 Å². The third-order valence-corrected chi connectivity index (χ3v) is 5.88. The Morgan fingerprint density at radius 1 is 1.26 bits per heavy atom. The smallest absolute Gasteiger partial charge is 0.323 e. The van der Waals surface area contributed by atoms with Gasteiger partial charge in [0.1, 0.15) is 0 Å². The fraction of sp³-hybridized carbons (Fsp3) is 0.381. The van der Waals surface area contributed by atoms with E-state index >= 15 is 0 Å². The predicted octanol–water partition coefficient (Wildman–Crippen LogP) is 5.12. The van der Waals surface area contributed by atoms with Gasteiger partial charge in [-0.2, -0.15) is 23.4 Å². The first-order valence-electron chi connectivity index (χ1n) is 9.92. The Hall–Kier alpha value is -2.62. The average molecular weight is 496 g/mol. The van der Waals surface area contributed by atoms with E-state index in [0.717, 1.165) is 18.4 Å². The van der Waals surface area contributed by atoms with Crippen LogP contribution in [0.25, 0.3) is 0 Å². The number of hydrogen-bond acceptors (Lipinski definition) is 3. The molecule has 2 heterocycles. The highest BCUT2D eigenvalue weighted by Gasteiger charge is 2.41. The summed E-state index contributed by atoms with van der Waals surface area (Å²) in [6.07, 6.45) is 0.395. The van der Waals surface area contributed by atoms with Gasteiger partial charge in [0.2, 0.25) is 5.91 Å². The number of aryl methyl sites for hydroxylation is 2. The van der Waals surface area contributed by atoms with E-state index in [4.69, 9.17) is 0 Å². The van der Waals surface area contributed by atoms with Gasteiger partial charge in [0.05, 0.1) is 35.1 Å². The molecule has 3 aromatic rings. The van der Waals surface area contributed by atoms with Crippen LogP contribution in [0.1, 0.15) is 47.7 Å². The van der Waals surface area contributed by atoms with Crippen molar-refractivity contribution in [1.82, 2.24) is 19.6 Å². The van der Waals surface area contributed by atoms with E-state index in [1.54, 1.807) is 17.1 Å². The number of alkyl halides is 3. The summed E-state index contributed by atoms with van der Waals surface area (Å²) in [6, 6.07) is 8.08. The van der Waals surface area contributed by atoms with E-state index in [0.29, 0.717) is 17.9 Å². The standard InChI is InChI=1S/C21H21BrF3N5O/c1-13-2-4-14(5-3-13)11-29-12-16(10-26-29)27-17(31)8-9-30-19(15-6-7-15)18(22)20(28-30)21(23,24)25/h2-5,10,12,15H,6-9,11H2,1H3,(H,27,31). The number of hydrogen-bond donors (Lipinski definition) is 1. The predicted molar refractivity (Wildman–Crippen MR) is 113 cm³/mol. The largest absolute Gasteiger partial charge is 0.436 e. The first kappa shape index (κ1) is 21.6. The Labute approximate surface area is 185 Å². The number of nitrogens with zero attached hydrogens (tertiary/aromatic N) is 4. The molecular weight excluding hydrogens is 475 g/mol. The molecule has 0 unspecified atom stereocenters. The maximum atomic E-state index is 13.2. The lowest BCUT2D eigenvalue weighted by molar-refractivity contribution is -0.142. The third-order valence-electron chi connectivity index (χ3n) is 5.10. The Balaban J connectivity index is 1.37. The number of benzene rings is 1. The summed E-state index contributed by atoms with van der Waals surface area (Å²) in [6.45, 7) is 2.66. The van der Waals surface area contributed by atoms with Gasteiger partial charge in [-0.05, 0) is 41.3 Å². The Morgan fingerprint density at radius 2 is 1.97 bits per heavy atom. The maximum Gasteiger partial charge on any atom is 0.436 e. The summed E-state index contributed by atoms with van der Waals surface area (Å²) in [5, 5.41) is 10.7. The van der Waals surface area contributed by atoms with Gasteiger partial charge in [0.25, 0.3) is 0 Å². The van der Waals surface area contributed by atoms with Crippen LogP contribution in [0.4, 0.5) is 18.9 Å². The monoisotopic (exact) mass is 495 g/mol. The van der Waals surface area contributed by atoms with Crippen LogP contribution in [0.3, 0.4) is 0 Å². The molecule has 1 aromatic carbocycles. The van der Waals surface area contributed by atoms with E-state index in [1.807, 2.05) is 31.2 Å². The normalized spacial score (nSPS) is 14.1. The second kappa shape index (κ2) is 8.49. The molecule has 0 spiro atoms. The van der Waals surface area contributed by atoms with E-state index < -0.39 is 11.9 Å². The van der Waals surface area contributed by atoms with Crippen LogP contribution in [0.5, 0.6) is 0 Å². The van der Waals surface area contributed by atoms with E-state index in [-0.39, 0.29) is 29.3 Å². The van der Waals surface area contributed by atoms with Crippen LogP contribution in [-0.2, 0) is 24.1 Å². The summed E-state index contributed by atoms with van der Waals surface area (Å²) >= 11 is 3.06. The number of carbonyl (C=O) groups is 1. The minimum atomic E-state index is -4.54. The molecule has 0 radical (unpaired) electrons. The average Bonchev–Trinajstić information content (AvgIpc) is 3.34. The van der Waals surface area contributed by atoms with Crippen molar-refractivity contribution in [3.8, 4) is 0 Å². The van der Waals surface area contributed by atoms with Crippen LogP contribution in [-0.4, -0.2) is 25.5 Å². The van der Waals surface area contributed by atoms with E-state index in [1.165, 1.54) is 10.2 Å². The molecule has 1 fully saturated rings. The van der Waals surface area contributed by atoms with Crippen LogP contribution >= 0.6 is 15.9 Å². The number of aromatic nitrogens is 4. The molecule has 1 N–H and O–H groups in total. The molecule has 10 heteroatoms. The molecule has 4 rings (SSSR count). The van der Waals surface area contributed by atoms with Gasteiger partial charge in [0, 0.05) is 18.5 Å². The number of amides is 1. The molecule has 2 aromatic heterocycles. The van der Waals surface area contributed by atoms with Gasteiger partial charge in [-0.3, -0.25) is 14.2 Å². The molecule has 31 heavy (non-hydrogen) atoms. The quantitative estimate of drug-likeness (QED) is 0.494. The van der Waals surface area contributed by atoms with Crippen molar-refractivity contribution in [2.75, 3.05) is 5.32 Å². The third kappa shape index (κ3) is 5.17. The van der Waals surface area contributed by atoms with Crippen molar-refractivity contribution in [2.24, 2.45) is 0 Å². The highest BCUT2D eigenvalue weighted by atomic mass is 79.9. The highest BCUT2D eigenvalue weighted by molar-refractivity contribution is 9.10. The Bertz CT molecular complexity index is 1080. The SMILES string of the molecule is Cc1ccc(Cn2cc(NC(=O)CCn3nc(C(F)(F)F)c(Br)c3C3CC3)cn2)cc1. The lowest BCUT2D eigenvalue weighted by Gasteiger charge is -2.07. The summed E-state index contributed by atoms with van der Waals surface area (Å²) < 4.78 is 42.6. The van der Waals surface area contributed by atoms with Gasteiger partial charge >= 0.3 is 6.18 Å². The molecule has 0 saturated heterocycles. The second-order valence-electron chi connectivity index (χ2n) is 7.75. The first-order chi connectivity index (χ1) is 14.7. The molecule has 1 aliphatic rings. The van der Waals surface area contributed by atoms with Crippen LogP contribution in [0.15, 0.2) is 41.1 Å². The lowest BCUT2D eigenvalue weighted by Crippen LogP contribution is -2.16. The van der Waals surface area contributed by atoms with E-state index in [2.05, 4.69) is 31.4 Å². The molecule has 0 bridgehead atoms. The lowest BCUT2D eigenvalue weighted by atomic mass is 10.1. The first-order valence-corrected chi connectivity index (χ1v) is 10.7. The molecule has 1 saturated carbocycles. The van der Waals surface area contributed by atoms with Gasteiger partial charge in [0.15, 0.2) is 5.69 Å². The molecule has 164 valence electrons. The number of nitrogens with one attached hydrogen (secondary N) is 1. The van der Waals surface area contributed by atoms with Crippen LogP contribution in [0.2, 0.25) is 0 Å². The summed E-state index contributed by atoms with van der Waals surface area (Å²) in [7, 11) is 0. The summed E-state index contributed by atoms with van der Waals surface area (Å²) in [4.78, 5) is 12.4. The molecule has 0 atom stereocenters. The van der Waals surface area contributed by atoms with Gasteiger partial charge in [-0.1, -0.05) is 29.8 Å². The molecule has 6 nitrogen and oxygen atoms in total. The van der Waals surface area contributed by atoms with Crippen molar-refractivity contribution in [3.63, 3.8) is 0 Å². The highest BCUT2D eigenvalue weighted by Crippen LogP contribution is 2.47. The fourth-order valence-corrected chi connectivity index (χ4v) is 4.21. The Morgan fingerprint density at radius 3 is 2.61 bits per heavy atom. The second-order valence-corrected chi connectivity index (χ2v) is 8.55. The summed E-state index contributed by atoms with van der Waals surface area (Å²) in [5.74, 6) is -0.252. The summed E-state index contributed by atoms with van der Waals surface area (Å²) in [5.41, 5.74) is 2.38. The Kier molecular flexibility index (Phi) is 5.92. The number of rotatable bonds is 7. The molecule has 1 aliphatic carbocycles. The van der Waals surface area contributed by atoms with Crippen molar-refractivity contribution in [3.05, 3.63) is 63.6 Å². The van der Waals surface area contributed by atoms with Gasteiger partial charge in [-0.25, -0.2) is 0 Å².